The van der Waals surface area contributed by atoms with Crippen LogP contribution in [0.2, 0.25) is 5.02 Å². The van der Waals surface area contributed by atoms with Gasteiger partial charge in [0, 0.05) is 36.6 Å². The predicted octanol–water partition coefficient (Wildman–Crippen LogP) is 5.15. The minimum atomic E-state index is -0.344. The first-order valence-corrected chi connectivity index (χ1v) is 14.2. The molecule has 13 heteroatoms. The van der Waals surface area contributed by atoms with E-state index in [1.807, 2.05) is 35.8 Å². The lowest BCUT2D eigenvalue weighted by Gasteiger charge is -2.33. The van der Waals surface area contributed by atoms with Crippen molar-refractivity contribution >= 4 is 46.7 Å². The Morgan fingerprint density at radius 2 is 1.95 bits per heavy atom. The topological polar surface area (TPSA) is 107 Å². The highest BCUT2D eigenvalue weighted by Gasteiger charge is 2.27. The molecule has 4 heterocycles. The predicted molar refractivity (Wildman–Crippen MR) is 145 cm³/mol. The first kappa shape index (κ1) is 26.3. The van der Waals surface area contributed by atoms with Crippen molar-refractivity contribution in [2.24, 2.45) is 0 Å². The third kappa shape index (κ3) is 5.57. The molecule has 0 unspecified atom stereocenters. The van der Waals surface area contributed by atoms with Crippen molar-refractivity contribution in [3.05, 3.63) is 63.3 Å². The van der Waals surface area contributed by atoms with Crippen LogP contribution in [-0.4, -0.2) is 74.3 Å². The van der Waals surface area contributed by atoms with E-state index in [0.29, 0.717) is 66.0 Å². The number of carbonyl (C=O) groups excluding carboxylic acids is 2. The molecule has 1 aromatic carbocycles. The van der Waals surface area contributed by atoms with Crippen molar-refractivity contribution in [1.29, 1.82) is 0 Å². The number of piperazine rings is 1. The molecular weight excluding hydrogens is 548 g/mol. The second-order valence-electron chi connectivity index (χ2n) is 8.44. The quantitative estimate of drug-likeness (QED) is 0.280. The largest absolute Gasteiger partial charge is 0.461 e. The smallest absolute Gasteiger partial charge is 0.409 e. The van der Waals surface area contributed by atoms with Gasteiger partial charge >= 0.3 is 6.09 Å². The number of aromatic nitrogens is 4. The van der Waals surface area contributed by atoms with Gasteiger partial charge in [0.05, 0.1) is 24.3 Å². The Bertz CT molecular complexity index is 1430. The Morgan fingerprint density at radius 3 is 2.68 bits per heavy atom. The van der Waals surface area contributed by atoms with Crippen molar-refractivity contribution in [2.45, 2.75) is 24.8 Å². The van der Waals surface area contributed by atoms with Gasteiger partial charge in [-0.2, -0.15) is 0 Å². The van der Waals surface area contributed by atoms with Gasteiger partial charge in [-0.1, -0.05) is 29.4 Å². The van der Waals surface area contributed by atoms with Gasteiger partial charge in [-0.05, 0) is 43.7 Å². The summed E-state index contributed by atoms with van der Waals surface area (Å²) in [5, 5.41) is 12.6. The lowest BCUT2D eigenvalue weighted by atomic mass is 10.2. The molecule has 1 saturated heterocycles. The number of aryl methyl sites for hydroxylation is 1. The van der Waals surface area contributed by atoms with E-state index >= 15 is 0 Å². The SMILES string of the molecule is CCOC(=O)N1CCN(C(=O)c2csc(CSc3nnc(-c4ccco4)n3-c3cc(Cl)ccc3C)n2)CC1. The monoisotopic (exact) mass is 572 g/mol. The molecule has 1 aliphatic heterocycles. The third-order valence-corrected chi connectivity index (χ3v) is 8.18. The fraction of sp³-hybridized carbons (Fsp3) is 0.320. The molecule has 2 amide bonds. The molecule has 1 aliphatic rings. The molecule has 0 saturated carbocycles. The van der Waals surface area contributed by atoms with Crippen LogP contribution in [0.15, 0.2) is 51.5 Å². The number of ether oxygens (including phenoxy) is 1. The number of rotatable bonds is 7. The van der Waals surface area contributed by atoms with Crippen LogP contribution in [0.4, 0.5) is 4.79 Å². The van der Waals surface area contributed by atoms with Gasteiger partial charge < -0.3 is 19.0 Å². The fourth-order valence-corrected chi connectivity index (χ4v) is 5.94. The van der Waals surface area contributed by atoms with Crippen molar-refractivity contribution in [1.82, 2.24) is 29.5 Å². The van der Waals surface area contributed by atoms with Crippen molar-refractivity contribution in [3.8, 4) is 17.3 Å². The highest BCUT2D eigenvalue weighted by molar-refractivity contribution is 7.98. The number of benzene rings is 1. The van der Waals surface area contributed by atoms with E-state index in [0.717, 1.165) is 16.3 Å². The zero-order valence-electron chi connectivity index (χ0n) is 20.8. The summed E-state index contributed by atoms with van der Waals surface area (Å²) < 4.78 is 12.6. The van der Waals surface area contributed by atoms with Gasteiger partial charge in [-0.25, -0.2) is 9.78 Å². The van der Waals surface area contributed by atoms with E-state index in [-0.39, 0.29) is 12.0 Å². The lowest BCUT2D eigenvalue weighted by molar-refractivity contribution is 0.0566. The number of hydrogen-bond donors (Lipinski definition) is 0. The minimum absolute atomic E-state index is 0.140. The summed E-state index contributed by atoms with van der Waals surface area (Å²) in [5.41, 5.74) is 2.26. The molecule has 0 N–H and O–H groups in total. The molecular formula is C25H25ClN6O4S2. The average Bonchev–Trinajstić information content (AvgIpc) is 3.69. The van der Waals surface area contributed by atoms with Crippen molar-refractivity contribution in [3.63, 3.8) is 0 Å². The van der Waals surface area contributed by atoms with Crippen LogP contribution in [-0.2, 0) is 10.5 Å². The third-order valence-electron chi connectivity index (χ3n) is 5.98. The highest BCUT2D eigenvalue weighted by atomic mass is 35.5. The van der Waals surface area contributed by atoms with E-state index < -0.39 is 0 Å². The molecule has 198 valence electrons. The molecule has 0 bridgehead atoms. The molecule has 5 rings (SSSR count). The van der Waals surface area contributed by atoms with E-state index in [1.54, 1.807) is 34.4 Å². The van der Waals surface area contributed by atoms with Crippen molar-refractivity contribution in [2.75, 3.05) is 32.8 Å². The number of amides is 2. The first-order chi connectivity index (χ1) is 18.4. The molecule has 38 heavy (non-hydrogen) atoms. The van der Waals surface area contributed by atoms with Crippen molar-refractivity contribution < 1.29 is 18.7 Å². The molecule has 10 nitrogen and oxygen atoms in total. The van der Waals surface area contributed by atoms with Crippen LogP contribution < -0.4 is 0 Å². The number of thioether (sulfide) groups is 1. The Kier molecular flexibility index (Phi) is 8.01. The van der Waals surface area contributed by atoms with Gasteiger partial charge in [-0.15, -0.1) is 21.5 Å². The van der Waals surface area contributed by atoms with Crippen LogP contribution >= 0.6 is 34.7 Å². The number of thiazole rings is 1. The van der Waals surface area contributed by atoms with E-state index in [2.05, 4.69) is 15.2 Å². The Morgan fingerprint density at radius 1 is 1.16 bits per heavy atom. The number of furan rings is 1. The van der Waals surface area contributed by atoms with Crippen LogP contribution in [0.5, 0.6) is 0 Å². The summed E-state index contributed by atoms with van der Waals surface area (Å²) in [5.74, 6) is 1.53. The van der Waals surface area contributed by atoms with Crippen LogP contribution in [0.1, 0.15) is 28.0 Å². The maximum absolute atomic E-state index is 13.0. The minimum Gasteiger partial charge on any atom is -0.461 e. The summed E-state index contributed by atoms with van der Waals surface area (Å²) in [4.78, 5) is 32.8. The van der Waals surface area contributed by atoms with E-state index in [4.69, 9.17) is 20.8 Å². The normalized spacial score (nSPS) is 13.7. The molecule has 0 spiro atoms. The fourth-order valence-electron chi connectivity index (χ4n) is 4.04. The van der Waals surface area contributed by atoms with Gasteiger partial charge in [-0.3, -0.25) is 9.36 Å². The maximum atomic E-state index is 13.0. The molecule has 4 aromatic rings. The van der Waals surface area contributed by atoms with Gasteiger partial charge in [0.2, 0.25) is 5.82 Å². The Balaban J connectivity index is 1.29. The van der Waals surface area contributed by atoms with Gasteiger partial charge in [0.15, 0.2) is 10.9 Å². The first-order valence-electron chi connectivity index (χ1n) is 12.0. The number of nitrogens with zero attached hydrogens (tertiary/aromatic N) is 6. The molecule has 1 fully saturated rings. The van der Waals surface area contributed by atoms with Crippen LogP contribution in [0, 0.1) is 6.92 Å². The second kappa shape index (κ2) is 11.6. The van der Waals surface area contributed by atoms with Gasteiger partial charge in [0.25, 0.3) is 5.91 Å². The maximum Gasteiger partial charge on any atom is 0.409 e. The summed E-state index contributed by atoms with van der Waals surface area (Å²) in [6, 6.07) is 9.30. The Labute approximate surface area is 232 Å². The molecule has 0 atom stereocenters. The summed E-state index contributed by atoms with van der Waals surface area (Å²) >= 11 is 9.21. The zero-order valence-corrected chi connectivity index (χ0v) is 23.2. The van der Waals surface area contributed by atoms with Crippen LogP contribution in [0.3, 0.4) is 0 Å². The number of carbonyl (C=O) groups is 2. The molecule has 0 aliphatic carbocycles. The summed E-state index contributed by atoms with van der Waals surface area (Å²) in [7, 11) is 0. The number of halogens is 1. The van der Waals surface area contributed by atoms with E-state index in [1.165, 1.54) is 23.1 Å². The molecule has 3 aromatic heterocycles. The second-order valence-corrected chi connectivity index (χ2v) is 10.8. The lowest BCUT2D eigenvalue weighted by Crippen LogP contribution is -2.50. The number of hydrogen-bond acceptors (Lipinski definition) is 9. The van der Waals surface area contributed by atoms with Gasteiger partial charge in [0.1, 0.15) is 10.7 Å². The molecule has 0 radical (unpaired) electrons. The summed E-state index contributed by atoms with van der Waals surface area (Å²) in [6.07, 6.45) is 1.25. The average molecular weight is 573 g/mol. The highest BCUT2D eigenvalue weighted by Crippen LogP contribution is 2.33. The zero-order chi connectivity index (χ0) is 26.6. The van der Waals surface area contributed by atoms with Crippen LogP contribution in [0.25, 0.3) is 17.3 Å². The standard InChI is InChI=1S/C25H25ClN6O4S2/c1-3-35-25(34)31-10-8-30(9-11-31)23(33)18-14-37-21(27-18)15-38-24-29-28-22(20-5-4-12-36-20)32(24)19-13-17(26)7-6-16(19)2/h4-7,12-14H,3,8-11,15H2,1-2H3. The van der Waals surface area contributed by atoms with E-state index in [9.17, 15) is 9.59 Å². The Hall–Kier alpha value is -3.35. The summed E-state index contributed by atoms with van der Waals surface area (Å²) in [6.45, 7) is 5.86.